The highest BCUT2D eigenvalue weighted by atomic mass is 79.9. The van der Waals surface area contributed by atoms with E-state index in [2.05, 4.69) is 25.9 Å². The zero-order valence-corrected chi connectivity index (χ0v) is 11.4. The van der Waals surface area contributed by atoms with Crippen LogP contribution >= 0.6 is 39.1 Å². The van der Waals surface area contributed by atoms with Gasteiger partial charge in [0.2, 0.25) is 0 Å². The first-order chi connectivity index (χ1) is 7.18. The number of fused-ring (bicyclic) bond motifs is 1. The van der Waals surface area contributed by atoms with E-state index in [9.17, 15) is 0 Å². The molecule has 2 aromatic rings. The Bertz CT molecular complexity index is 474. The van der Waals surface area contributed by atoms with E-state index in [1.165, 1.54) is 0 Å². The van der Waals surface area contributed by atoms with Crippen molar-refractivity contribution in [3.05, 3.63) is 33.2 Å². The van der Waals surface area contributed by atoms with Gasteiger partial charge in [-0.1, -0.05) is 37.0 Å². The Balaban J connectivity index is 0.000000531. The SMILES string of the molecule is CC.Clc1cc2c(Br)cnc(Cl)c2cn1. The van der Waals surface area contributed by atoms with Crippen molar-refractivity contribution in [2.75, 3.05) is 0 Å². The average molecular weight is 308 g/mol. The summed E-state index contributed by atoms with van der Waals surface area (Å²) in [5.74, 6) is 0. The second-order valence-electron chi connectivity index (χ2n) is 2.45. The van der Waals surface area contributed by atoms with Crippen LogP contribution in [0.1, 0.15) is 13.8 Å². The van der Waals surface area contributed by atoms with Gasteiger partial charge >= 0.3 is 0 Å². The molecule has 2 heterocycles. The first-order valence-corrected chi connectivity index (χ1v) is 5.98. The van der Waals surface area contributed by atoms with Gasteiger partial charge in [0.1, 0.15) is 10.3 Å². The minimum absolute atomic E-state index is 0.433. The van der Waals surface area contributed by atoms with E-state index in [4.69, 9.17) is 23.2 Å². The molecule has 15 heavy (non-hydrogen) atoms. The molecule has 0 fully saturated rings. The Morgan fingerprint density at radius 1 is 1.07 bits per heavy atom. The first kappa shape index (κ1) is 12.7. The van der Waals surface area contributed by atoms with Crippen molar-refractivity contribution in [2.45, 2.75) is 13.8 Å². The van der Waals surface area contributed by atoms with Crippen LogP contribution in [0.3, 0.4) is 0 Å². The van der Waals surface area contributed by atoms with Crippen LogP contribution in [0, 0.1) is 0 Å². The summed E-state index contributed by atoms with van der Waals surface area (Å²) in [5, 5.41) is 2.58. The third kappa shape index (κ3) is 2.80. The lowest BCUT2D eigenvalue weighted by molar-refractivity contribution is 1.31. The molecule has 0 amide bonds. The van der Waals surface area contributed by atoms with E-state index in [0.717, 1.165) is 15.2 Å². The van der Waals surface area contributed by atoms with E-state index < -0.39 is 0 Å². The van der Waals surface area contributed by atoms with Crippen molar-refractivity contribution in [1.82, 2.24) is 9.97 Å². The monoisotopic (exact) mass is 306 g/mol. The van der Waals surface area contributed by atoms with E-state index in [-0.39, 0.29) is 0 Å². The largest absolute Gasteiger partial charge is 0.244 e. The molecule has 0 radical (unpaired) electrons. The molecule has 0 atom stereocenters. The van der Waals surface area contributed by atoms with Gasteiger partial charge in [0.15, 0.2) is 0 Å². The molecule has 0 aliphatic carbocycles. The fourth-order valence-corrected chi connectivity index (χ4v) is 1.83. The number of halogens is 3. The molecule has 0 N–H and O–H groups in total. The van der Waals surface area contributed by atoms with Crippen LogP contribution in [0.15, 0.2) is 22.9 Å². The van der Waals surface area contributed by atoms with E-state index >= 15 is 0 Å². The van der Waals surface area contributed by atoms with Gasteiger partial charge in [0.05, 0.1) is 0 Å². The van der Waals surface area contributed by atoms with Gasteiger partial charge in [-0.15, -0.1) is 0 Å². The Labute approximate surface area is 107 Å². The Morgan fingerprint density at radius 3 is 2.40 bits per heavy atom. The highest BCUT2D eigenvalue weighted by Gasteiger charge is 2.04. The highest BCUT2D eigenvalue weighted by molar-refractivity contribution is 9.10. The summed E-state index contributed by atoms with van der Waals surface area (Å²) in [7, 11) is 0. The van der Waals surface area contributed by atoms with Gasteiger partial charge in [-0.25, -0.2) is 9.97 Å². The molecule has 80 valence electrons. The second-order valence-corrected chi connectivity index (χ2v) is 4.05. The zero-order chi connectivity index (χ0) is 11.4. The van der Waals surface area contributed by atoms with Gasteiger partial charge in [-0.3, -0.25) is 0 Å². The van der Waals surface area contributed by atoms with Crippen LogP contribution in [0.5, 0.6) is 0 Å². The van der Waals surface area contributed by atoms with Gasteiger partial charge in [0.25, 0.3) is 0 Å². The summed E-state index contributed by atoms with van der Waals surface area (Å²) in [6, 6.07) is 1.74. The van der Waals surface area contributed by atoms with E-state index in [1.54, 1.807) is 18.5 Å². The van der Waals surface area contributed by atoms with Gasteiger partial charge in [-0.05, 0) is 22.0 Å². The summed E-state index contributed by atoms with van der Waals surface area (Å²) >= 11 is 15.0. The topological polar surface area (TPSA) is 25.8 Å². The number of nitrogens with zero attached hydrogens (tertiary/aromatic N) is 2. The maximum atomic E-state index is 5.87. The fraction of sp³-hybridized carbons (Fsp3) is 0.200. The quantitative estimate of drug-likeness (QED) is 0.658. The average Bonchev–Trinajstić information content (AvgIpc) is 2.27. The fourth-order valence-electron chi connectivity index (χ4n) is 1.04. The molecule has 0 bridgehead atoms. The van der Waals surface area contributed by atoms with Crippen LogP contribution in [0.25, 0.3) is 10.8 Å². The molecule has 0 aromatic carbocycles. The van der Waals surface area contributed by atoms with Crippen LogP contribution in [-0.2, 0) is 0 Å². The summed E-state index contributed by atoms with van der Waals surface area (Å²) in [6.45, 7) is 4.00. The Morgan fingerprint density at radius 2 is 1.73 bits per heavy atom. The summed E-state index contributed by atoms with van der Waals surface area (Å²) < 4.78 is 0.858. The van der Waals surface area contributed by atoms with Crippen molar-refractivity contribution in [3.63, 3.8) is 0 Å². The van der Waals surface area contributed by atoms with Crippen molar-refractivity contribution in [1.29, 1.82) is 0 Å². The number of rotatable bonds is 0. The van der Waals surface area contributed by atoms with Gasteiger partial charge < -0.3 is 0 Å². The smallest absolute Gasteiger partial charge is 0.138 e. The van der Waals surface area contributed by atoms with Crippen LogP contribution in [-0.4, -0.2) is 9.97 Å². The van der Waals surface area contributed by atoms with Crippen molar-refractivity contribution < 1.29 is 0 Å². The Hall–Kier alpha value is -0.380. The van der Waals surface area contributed by atoms with Crippen LogP contribution in [0.4, 0.5) is 0 Å². The number of hydrogen-bond donors (Lipinski definition) is 0. The van der Waals surface area contributed by atoms with Gasteiger partial charge in [0, 0.05) is 27.6 Å². The van der Waals surface area contributed by atoms with E-state index in [1.807, 2.05) is 13.8 Å². The maximum Gasteiger partial charge on any atom is 0.138 e. The molecule has 0 aliphatic rings. The predicted molar refractivity (Wildman–Crippen MR) is 68.6 cm³/mol. The highest BCUT2D eigenvalue weighted by Crippen LogP contribution is 2.28. The van der Waals surface area contributed by atoms with Crippen molar-refractivity contribution in [3.8, 4) is 0 Å². The molecule has 2 rings (SSSR count). The molecule has 5 heteroatoms. The molecule has 0 aliphatic heterocycles. The number of hydrogen-bond acceptors (Lipinski definition) is 2. The minimum Gasteiger partial charge on any atom is -0.244 e. The second kappa shape index (κ2) is 5.64. The molecule has 0 unspecified atom stereocenters. The molecule has 2 nitrogen and oxygen atoms in total. The van der Waals surface area contributed by atoms with Crippen molar-refractivity contribution in [2.24, 2.45) is 0 Å². The standard InChI is InChI=1S/C8H3BrCl2N2.C2H6/c9-6-3-13-8(11)5-2-12-7(10)1-4(5)6;1-2/h1-3H;1-2H3. The maximum absolute atomic E-state index is 5.87. The first-order valence-electron chi connectivity index (χ1n) is 4.44. The Kier molecular flexibility index (Phi) is 4.77. The van der Waals surface area contributed by atoms with E-state index in [0.29, 0.717) is 10.3 Å². The molecular weight excluding hydrogens is 299 g/mol. The normalized spacial score (nSPS) is 9.67. The lowest BCUT2D eigenvalue weighted by Gasteiger charge is -2.01. The summed E-state index contributed by atoms with van der Waals surface area (Å²) in [6.07, 6.45) is 3.25. The molecule has 2 aromatic heterocycles. The number of aromatic nitrogens is 2. The third-order valence-electron chi connectivity index (χ3n) is 1.64. The van der Waals surface area contributed by atoms with Crippen molar-refractivity contribution >= 4 is 49.9 Å². The minimum atomic E-state index is 0.433. The lowest BCUT2D eigenvalue weighted by Crippen LogP contribution is -1.83. The van der Waals surface area contributed by atoms with Crippen LogP contribution in [0.2, 0.25) is 10.3 Å². The molecule has 0 saturated heterocycles. The molecule has 0 spiro atoms. The zero-order valence-electron chi connectivity index (χ0n) is 8.26. The third-order valence-corrected chi connectivity index (χ3v) is 2.78. The predicted octanol–water partition coefficient (Wildman–Crippen LogP) is 4.73. The molecule has 0 saturated carbocycles. The van der Waals surface area contributed by atoms with Crippen LogP contribution < -0.4 is 0 Å². The lowest BCUT2D eigenvalue weighted by atomic mass is 10.2. The number of pyridine rings is 2. The molecular formula is C10H9BrCl2N2. The summed E-state index contributed by atoms with van der Waals surface area (Å²) in [5.41, 5.74) is 0. The van der Waals surface area contributed by atoms with Gasteiger partial charge in [-0.2, -0.15) is 0 Å². The summed E-state index contributed by atoms with van der Waals surface area (Å²) in [4.78, 5) is 7.90.